The SMILES string of the molecule is CCOC(=O)C(c1ccc(Cl)cc1)N(C(=O)CC(=O)C1CC1)c1cc(C)c(=O)n(C)c1. The van der Waals surface area contributed by atoms with Gasteiger partial charge in [-0.3, -0.25) is 19.3 Å². The zero-order valence-electron chi connectivity index (χ0n) is 17.8. The molecule has 1 amide bonds. The zero-order valence-corrected chi connectivity index (χ0v) is 18.5. The van der Waals surface area contributed by atoms with Gasteiger partial charge in [0.15, 0.2) is 6.04 Å². The van der Waals surface area contributed by atoms with Crippen LogP contribution >= 0.6 is 11.6 Å². The van der Waals surface area contributed by atoms with Crippen LogP contribution in [0.15, 0.2) is 41.3 Å². The molecule has 7 nitrogen and oxygen atoms in total. The lowest BCUT2D eigenvalue weighted by Gasteiger charge is -2.31. The minimum Gasteiger partial charge on any atom is -0.464 e. The average molecular weight is 445 g/mol. The van der Waals surface area contributed by atoms with Crippen molar-refractivity contribution in [3.05, 3.63) is 63.0 Å². The molecule has 1 aliphatic rings. The van der Waals surface area contributed by atoms with E-state index in [4.69, 9.17) is 16.3 Å². The number of amides is 1. The fraction of sp³-hybridized carbons (Fsp3) is 0.391. The molecule has 0 N–H and O–H groups in total. The van der Waals surface area contributed by atoms with E-state index in [1.807, 2.05) is 0 Å². The molecule has 1 aromatic heterocycles. The van der Waals surface area contributed by atoms with Gasteiger partial charge in [0, 0.05) is 29.7 Å². The molecule has 1 aromatic carbocycles. The molecule has 0 spiro atoms. The molecule has 8 heteroatoms. The number of carbonyl (C=O) groups is 3. The van der Waals surface area contributed by atoms with Crippen LogP contribution in [0.1, 0.15) is 43.4 Å². The second-order valence-electron chi connectivity index (χ2n) is 7.68. The summed E-state index contributed by atoms with van der Waals surface area (Å²) in [5.41, 5.74) is 1.01. The third-order valence-electron chi connectivity index (χ3n) is 5.21. The maximum atomic E-state index is 13.4. The van der Waals surface area contributed by atoms with Crippen LogP contribution in [0.2, 0.25) is 5.02 Å². The van der Waals surface area contributed by atoms with E-state index in [0.29, 0.717) is 21.8 Å². The molecule has 2 aromatic rings. The number of anilines is 1. The van der Waals surface area contributed by atoms with Crippen molar-refractivity contribution in [1.29, 1.82) is 0 Å². The van der Waals surface area contributed by atoms with Crippen LogP contribution in [0, 0.1) is 12.8 Å². The molecular weight excluding hydrogens is 420 g/mol. The first-order chi connectivity index (χ1) is 14.7. The molecule has 0 bridgehead atoms. The van der Waals surface area contributed by atoms with Crippen molar-refractivity contribution < 1.29 is 19.1 Å². The lowest BCUT2D eigenvalue weighted by atomic mass is 10.0. The number of esters is 1. The van der Waals surface area contributed by atoms with Gasteiger partial charge in [0.25, 0.3) is 5.56 Å². The molecule has 31 heavy (non-hydrogen) atoms. The normalized spacial score (nSPS) is 14.1. The van der Waals surface area contributed by atoms with Gasteiger partial charge in [-0.15, -0.1) is 0 Å². The molecule has 3 rings (SSSR count). The van der Waals surface area contributed by atoms with E-state index >= 15 is 0 Å². The predicted molar refractivity (Wildman–Crippen MR) is 117 cm³/mol. The molecule has 1 aliphatic carbocycles. The number of Topliss-reactive ketones (excluding diaryl/α,β-unsaturated/α-hetero) is 1. The van der Waals surface area contributed by atoms with Gasteiger partial charge < -0.3 is 9.30 Å². The number of aromatic nitrogens is 1. The summed E-state index contributed by atoms with van der Waals surface area (Å²) >= 11 is 6.01. The first-order valence-electron chi connectivity index (χ1n) is 10.2. The van der Waals surface area contributed by atoms with E-state index in [2.05, 4.69) is 0 Å². The third-order valence-corrected chi connectivity index (χ3v) is 5.46. The number of hydrogen-bond donors (Lipinski definition) is 0. The molecule has 0 saturated heterocycles. The summed E-state index contributed by atoms with van der Waals surface area (Å²) in [5.74, 6) is -1.40. The molecule has 164 valence electrons. The van der Waals surface area contributed by atoms with Crippen molar-refractivity contribution in [3.63, 3.8) is 0 Å². The van der Waals surface area contributed by atoms with Crippen molar-refractivity contribution in [2.75, 3.05) is 11.5 Å². The van der Waals surface area contributed by atoms with Crippen LogP contribution in [0.25, 0.3) is 0 Å². The molecule has 1 unspecified atom stereocenters. The Labute approximate surface area is 185 Å². The fourth-order valence-electron chi connectivity index (χ4n) is 3.47. The highest BCUT2D eigenvalue weighted by Gasteiger charge is 2.37. The number of pyridine rings is 1. The Morgan fingerprint density at radius 2 is 1.87 bits per heavy atom. The Bertz CT molecular complexity index is 1030. The Morgan fingerprint density at radius 3 is 2.42 bits per heavy atom. The number of halogens is 1. The number of benzene rings is 1. The fourth-order valence-corrected chi connectivity index (χ4v) is 3.59. The van der Waals surface area contributed by atoms with Crippen molar-refractivity contribution in [1.82, 2.24) is 4.57 Å². The number of aryl methyl sites for hydroxylation is 2. The summed E-state index contributed by atoms with van der Waals surface area (Å²) < 4.78 is 6.62. The summed E-state index contributed by atoms with van der Waals surface area (Å²) in [6.07, 6.45) is 2.72. The first kappa shape index (κ1) is 22.7. The van der Waals surface area contributed by atoms with E-state index in [1.54, 1.807) is 51.2 Å². The number of rotatable bonds is 8. The maximum Gasteiger partial charge on any atom is 0.333 e. The van der Waals surface area contributed by atoms with Crippen LogP contribution in [0.4, 0.5) is 5.69 Å². The van der Waals surface area contributed by atoms with Gasteiger partial charge in [0.2, 0.25) is 5.91 Å². The molecule has 1 heterocycles. The number of nitrogens with zero attached hydrogens (tertiary/aromatic N) is 2. The molecule has 1 saturated carbocycles. The highest BCUT2D eigenvalue weighted by molar-refractivity contribution is 6.30. The summed E-state index contributed by atoms with van der Waals surface area (Å²) in [7, 11) is 1.57. The van der Waals surface area contributed by atoms with Gasteiger partial charge in [-0.2, -0.15) is 0 Å². The Balaban J connectivity index is 2.13. The van der Waals surface area contributed by atoms with Gasteiger partial charge in [-0.25, -0.2) is 4.79 Å². The zero-order chi connectivity index (χ0) is 22.7. The second-order valence-corrected chi connectivity index (χ2v) is 8.12. The predicted octanol–water partition coefficient (Wildman–Crippen LogP) is 3.35. The minimum atomic E-state index is -1.13. The second kappa shape index (κ2) is 9.47. The van der Waals surface area contributed by atoms with Crippen molar-refractivity contribution >= 4 is 34.9 Å². The van der Waals surface area contributed by atoms with Gasteiger partial charge >= 0.3 is 5.97 Å². The van der Waals surface area contributed by atoms with Gasteiger partial charge in [0.05, 0.1) is 18.7 Å². The van der Waals surface area contributed by atoms with Gasteiger partial charge in [0.1, 0.15) is 5.78 Å². The van der Waals surface area contributed by atoms with Crippen LogP contribution in [0.3, 0.4) is 0 Å². The highest BCUT2D eigenvalue weighted by atomic mass is 35.5. The summed E-state index contributed by atoms with van der Waals surface area (Å²) in [5, 5.41) is 0.478. The average Bonchev–Trinajstić information content (AvgIpc) is 3.56. The minimum absolute atomic E-state index is 0.0933. The topological polar surface area (TPSA) is 85.7 Å². The lowest BCUT2D eigenvalue weighted by Crippen LogP contribution is -2.41. The largest absolute Gasteiger partial charge is 0.464 e. The standard InChI is InChI=1S/C23H25ClN2O5/c1-4-31-23(30)21(16-7-9-17(24)10-8-16)26(20(28)12-19(27)15-5-6-15)18-11-14(2)22(29)25(3)13-18/h7-11,13,15,21H,4-6,12H2,1-3H3. The first-order valence-corrected chi connectivity index (χ1v) is 10.5. The quantitative estimate of drug-likeness (QED) is 0.460. The molecule has 0 aliphatic heterocycles. The van der Waals surface area contributed by atoms with E-state index in [-0.39, 0.29) is 30.3 Å². The number of hydrogen-bond acceptors (Lipinski definition) is 5. The highest BCUT2D eigenvalue weighted by Crippen LogP contribution is 2.34. The summed E-state index contributed by atoms with van der Waals surface area (Å²) in [6.45, 7) is 3.43. The maximum absolute atomic E-state index is 13.4. The molecule has 1 fully saturated rings. The molecule has 0 radical (unpaired) electrons. The van der Waals surface area contributed by atoms with E-state index < -0.39 is 17.9 Å². The van der Waals surface area contributed by atoms with Crippen LogP contribution < -0.4 is 10.5 Å². The number of ether oxygens (including phenoxy) is 1. The monoisotopic (exact) mass is 444 g/mol. The summed E-state index contributed by atoms with van der Waals surface area (Å²) in [6, 6.07) is 6.93. The number of ketones is 1. The van der Waals surface area contributed by atoms with Gasteiger partial charge in [-0.1, -0.05) is 23.7 Å². The van der Waals surface area contributed by atoms with Gasteiger partial charge in [-0.05, 0) is 50.5 Å². The van der Waals surface area contributed by atoms with E-state index in [9.17, 15) is 19.2 Å². The Kier molecular flexibility index (Phi) is 6.95. The Morgan fingerprint density at radius 1 is 1.23 bits per heavy atom. The Hall–Kier alpha value is -2.93. The third kappa shape index (κ3) is 5.22. The number of carbonyl (C=O) groups excluding carboxylic acids is 3. The lowest BCUT2D eigenvalue weighted by molar-refractivity contribution is -0.146. The molecule has 1 atom stereocenters. The van der Waals surface area contributed by atoms with Crippen molar-refractivity contribution in [2.45, 2.75) is 39.2 Å². The smallest absolute Gasteiger partial charge is 0.333 e. The molecular formula is C23H25ClN2O5. The summed E-state index contributed by atoms with van der Waals surface area (Å²) in [4.78, 5) is 52.2. The van der Waals surface area contributed by atoms with Crippen molar-refractivity contribution in [2.24, 2.45) is 13.0 Å². The van der Waals surface area contributed by atoms with E-state index in [0.717, 1.165) is 12.8 Å². The van der Waals surface area contributed by atoms with Crippen LogP contribution in [-0.4, -0.2) is 28.8 Å². The van der Waals surface area contributed by atoms with Crippen molar-refractivity contribution in [3.8, 4) is 0 Å². The van der Waals surface area contributed by atoms with Crippen LogP contribution in [-0.2, 0) is 26.2 Å². The van der Waals surface area contributed by atoms with E-state index in [1.165, 1.54) is 15.7 Å². The van der Waals surface area contributed by atoms with Crippen LogP contribution in [0.5, 0.6) is 0 Å².